The minimum Gasteiger partial charge on any atom is -0.326 e. The van der Waals surface area contributed by atoms with Crippen molar-refractivity contribution in [2.24, 2.45) is 21.4 Å². The van der Waals surface area contributed by atoms with E-state index < -0.39 is 37.7 Å². The Kier molecular flexibility index (Phi) is 6.07. The summed E-state index contributed by atoms with van der Waals surface area (Å²) in [4.78, 5) is 52.1. The summed E-state index contributed by atoms with van der Waals surface area (Å²) in [7, 11) is 0. The van der Waals surface area contributed by atoms with E-state index in [1.54, 1.807) is 0 Å². The molecule has 1 amide bonds. The fourth-order valence-corrected chi connectivity index (χ4v) is 5.56. The van der Waals surface area contributed by atoms with E-state index in [0.29, 0.717) is 24.2 Å². The predicted octanol–water partition coefficient (Wildman–Crippen LogP) is 5.52. The molecule has 2 fully saturated rings. The maximum Gasteiger partial charge on any atom is 0.365 e. The van der Waals surface area contributed by atoms with E-state index in [4.69, 9.17) is 16.4 Å². The van der Waals surface area contributed by atoms with Gasteiger partial charge in [-0.25, -0.2) is 4.79 Å². The third-order valence-corrected chi connectivity index (χ3v) is 8.44. The predicted molar refractivity (Wildman–Crippen MR) is 131 cm³/mol. The van der Waals surface area contributed by atoms with Crippen LogP contribution in [0.25, 0.3) is 0 Å². The summed E-state index contributed by atoms with van der Waals surface area (Å²) in [5.74, 6) is -1.12. The molecule has 2 saturated carbocycles. The van der Waals surface area contributed by atoms with Gasteiger partial charge in [-0.05, 0) is 42.5 Å². The first kappa shape index (κ1) is 25.2. The van der Waals surface area contributed by atoms with Crippen molar-refractivity contribution in [2.75, 3.05) is 5.32 Å². The van der Waals surface area contributed by atoms with E-state index in [2.05, 4.69) is 10.5 Å². The highest BCUT2D eigenvalue weighted by Crippen LogP contribution is 2.71. The second kappa shape index (κ2) is 8.66. The molecule has 0 heterocycles. The zero-order valence-electron chi connectivity index (χ0n) is 19.7. The molecular formula is C24H23ClN4O7. The maximum atomic E-state index is 13.5. The van der Waals surface area contributed by atoms with Gasteiger partial charge in [0.05, 0.1) is 26.5 Å². The molecule has 2 atom stereocenters. The lowest BCUT2D eigenvalue weighted by Crippen LogP contribution is -2.43. The number of nitro benzene ring substituents is 2. The van der Waals surface area contributed by atoms with Crippen molar-refractivity contribution in [3.63, 3.8) is 0 Å². The summed E-state index contributed by atoms with van der Waals surface area (Å²) >= 11 is 5.80. The van der Waals surface area contributed by atoms with Gasteiger partial charge >= 0.3 is 5.97 Å². The van der Waals surface area contributed by atoms with Crippen LogP contribution in [0.1, 0.15) is 50.4 Å². The monoisotopic (exact) mass is 514 g/mol. The standard InChI is InChI=1S/C24H23ClN4O7/c1-22(2)23(3)10-11-24(22,21(31)26-15-5-7-16(8-6-15)28(32)33)13-19(23)27-36-20(30)14-4-9-17(25)18(12-14)29(34)35/h4-9,12H,10-11,13H2,1-3H3,(H,26,31). The van der Waals surface area contributed by atoms with Crippen molar-refractivity contribution in [3.8, 4) is 0 Å². The van der Waals surface area contributed by atoms with E-state index in [-0.39, 0.29) is 28.6 Å². The van der Waals surface area contributed by atoms with Gasteiger partial charge in [-0.1, -0.05) is 37.5 Å². The number of rotatable bonds is 6. The van der Waals surface area contributed by atoms with Crippen LogP contribution in [0.5, 0.6) is 0 Å². The van der Waals surface area contributed by atoms with Gasteiger partial charge in [-0.15, -0.1) is 0 Å². The number of nitrogens with zero attached hydrogens (tertiary/aromatic N) is 3. The SMILES string of the molecule is CC12CCC(C(=O)Nc3ccc([N+](=O)[O-])cc3)(CC1=NOC(=O)c1ccc(Cl)c([N+](=O)[O-])c1)C2(C)C. The quantitative estimate of drug-likeness (QED) is 0.302. The highest BCUT2D eigenvalue weighted by molar-refractivity contribution is 6.32. The van der Waals surface area contributed by atoms with Crippen LogP contribution in [0.15, 0.2) is 47.6 Å². The van der Waals surface area contributed by atoms with Crippen molar-refractivity contribution in [2.45, 2.75) is 40.0 Å². The average molecular weight is 515 g/mol. The molecule has 36 heavy (non-hydrogen) atoms. The molecule has 1 N–H and O–H groups in total. The zero-order valence-corrected chi connectivity index (χ0v) is 20.5. The number of benzene rings is 2. The van der Waals surface area contributed by atoms with Crippen molar-refractivity contribution in [1.29, 1.82) is 0 Å². The third kappa shape index (κ3) is 3.79. The van der Waals surface area contributed by atoms with E-state index >= 15 is 0 Å². The molecule has 2 aliphatic rings. The fraction of sp³-hybridized carbons (Fsp3) is 0.375. The van der Waals surface area contributed by atoms with Gasteiger partial charge in [0, 0.05) is 35.7 Å². The number of halogens is 1. The van der Waals surface area contributed by atoms with Crippen LogP contribution in [0, 0.1) is 36.5 Å². The molecule has 0 saturated heterocycles. The number of hydrogen-bond acceptors (Lipinski definition) is 8. The Hall–Kier alpha value is -3.86. The second-order valence-electron chi connectivity index (χ2n) is 9.81. The maximum absolute atomic E-state index is 13.5. The lowest BCUT2D eigenvalue weighted by atomic mass is 9.64. The molecule has 12 heteroatoms. The lowest BCUT2D eigenvalue weighted by Gasteiger charge is -2.39. The number of carbonyl (C=O) groups excluding carboxylic acids is 2. The highest BCUT2D eigenvalue weighted by Gasteiger charge is 2.71. The summed E-state index contributed by atoms with van der Waals surface area (Å²) in [6.45, 7) is 5.92. The number of carbonyl (C=O) groups is 2. The number of nitrogens with one attached hydrogen (secondary N) is 1. The van der Waals surface area contributed by atoms with Crippen molar-refractivity contribution >= 4 is 46.3 Å². The number of nitro groups is 2. The smallest absolute Gasteiger partial charge is 0.326 e. The molecule has 4 rings (SSSR count). The van der Waals surface area contributed by atoms with Gasteiger partial charge in [-0.3, -0.25) is 25.0 Å². The molecule has 0 aliphatic heterocycles. The Morgan fingerprint density at radius 2 is 1.69 bits per heavy atom. The highest BCUT2D eigenvalue weighted by atomic mass is 35.5. The Morgan fingerprint density at radius 3 is 2.31 bits per heavy atom. The molecule has 2 aromatic carbocycles. The van der Waals surface area contributed by atoms with Crippen LogP contribution in [0.3, 0.4) is 0 Å². The second-order valence-corrected chi connectivity index (χ2v) is 10.2. The van der Waals surface area contributed by atoms with Crippen molar-refractivity contribution in [1.82, 2.24) is 0 Å². The van der Waals surface area contributed by atoms with Crippen LogP contribution >= 0.6 is 11.6 Å². The van der Waals surface area contributed by atoms with Gasteiger partial charge < -0.3 is 10.2 Å². The van der Waals surface area contributed by atoms with E-state index in [9.17, 15) is 29.8 Å². The van der Waals surface area contributed by atoms with Gasteiger partial charge in [0.1, 0.15) is 5.02 Å². The number of anilines is 1. The van der Waals surface area contributed by atoms with E-state index in [1.165, 1.54) is 36.4 Å². The molecule has 2 aromatic rings. The molecule has 0 spiro atoms. The third-order valence-electron chi connectivity index (χ3n) is 8.12. The zero-order chi connectivity index (χ0) is 26.5. The Bertz CT molecular complexity index is 1320. The molecule has 0 radical (unpaired) electrons. The van der Waals surface area contributed by atoms with Gasteiger partial charge in [0.2, 0.25) is 5.91 Å². The number of non-ortho nitro benzene ring substituents is 1. The number of hydrogen-bond donors (Lipinski definition) is 1. The fourth-order valence-electron chi connectivity index (χ4n) is 5.37. The Balaban J connectivity index is 1.56. The molecule has 2 unspecified atom stereocenters. The van der Waals surface area contributed by atoms with E-state index in [0.717, 1.165) is 6.07 Å². The van der Waals surface area contributed by atoms with Crippen molar-refractivity contribution in [3.05, 3.63) is 73.3 Å². The van der Waals surface area contributed by atoms with Crippen LogP contribution in [-0.4, -0.2) is 27.4 Å². The summed E-state index contributed by atoms with van der Waals surface area (Å²) in [6, 6.07) is 9.16. The minimum absolute atomic E-state index is 0.0753. The normalized spacial score (nSPS) is 24.9. The molecule has 2 bridgehead atoms. The number of fused-ring (bicyclic) bond motifs is 2. The number of amides is 1. The molecule has 188 valence electrons. The van der Waals surface area contributed by atoms with Gasteiger partial charge in [-0.2, -0.15) is 0 Å². The van der Waals surface area contributed by atoms with Crippen LogP contribution < -0.4 is 5.32 Å². The first-order valence-electron chi connectivity index (χ1n) is 11.1. The average Bonchev–Trinajstić information content (AvgIpc) is 3.13. The lowest BCUT2D eigenvalue weighted by molar-refractivity contribution is -0.385. The van der Waals surface area contributed by atoms with Crippen molar-refractivity contribution < 1.29 is 24.3 Å². The Morgan fingerprint density at radius 1 is 1.03 bits per heavy atom. The summed E-state index contributed by atoms with van der Waals surface area (Å²) < 4.78 is 0. The van der Waals surface area contributed by atoms with Crippen LogP contribution in [0.2, 0.25) is 5.02 Å². The first-order valence-corrected chi connectivity index (χ1v) is 11.5. The van der Waals surface area contributed by atoms with Crippen LogP contribution in [0.4, 0.5) is 17.1 Å². The van der Waals surface area contributed by atoms with E-state index in [1.807, 2.05) is 20.8 Å². The summed E-state index contributed by atoms with van der Waals surface area (Å²) in [5, 5.41) is 28.9. The largest absolute Gasteiger partial charge is 0.365 e. The molecular weight excluding hydrogens is 492 g/mol. The summed E-state index contributed by atoms with van der Waals surface area (Å²) in [5.41, 5.74) is -1.51. The van der Waals surface area contributed by atoms with Crippen LogP contribution in [-0.2, 0) is 9.63 Å². The van der Waals surface area contributed by atoms with Gasteiger partial charge in [0.25, 0.3) is 11.4 Å². The van der Waals surface area contributed by atoms with Gasteiger partial charge in [0.15, 0.2) is 0 Å². The Labute approximate surface area is 210 Å². The summed E-state index contributed by atoms with van der Waals surface area (Å²) in [6.07, 6.45) is 1.48. The molecule has 11 nitrogen and oxygen atoms in total. The first-order chi connectivity index (χ1) is 16.8. The topological polar surface area (TPSA) is 154 Å². The number of oxime groups is 1. The molecule has 2 aliphatic carbocycles. The molecule has 0 aromatic heterocycles. The minimum atomic E-state index is -0.879.